The Balaban J connectivity index is 2.12. The summed E-state index contributed by atoms with van der Waals surface area (Å²) in [5, 5.41) is 0. The topological polar surface area (TPSA) is 15.7 Å². The fourth-order valence-corrected chi connectivity index (χ4v) is 0.516. The molecule has 1 aliphatic heterocycles. The van der Waals surface area contributed by atoms with Crippen molar-refractivity contribution in [3.63, 3.8) is 0 Å². The van der Waals surface area contributed by atoms with Gasteiger partial charge in [0, 0.05) is 0 Å². The molecule has 1 rings (SSSR count). The molecule has 0 aliphatic carbocycles. The fourth-order valence-electron chi connectivity index (χ4n) is 0.516. The van der Waals surface area contributed by atoms with Crippen LogP contribution in [0.2, 0.25) is 0 Å². The normalized spacial score (nSPS) is 25.3. The van der Waals surface area contributed by atoms with E-state index >= 15 is 0 Å². The lowest BCUT2D eigenvalue weighted by Gasteiger charge is -2.18. The zero-order valence-electron chi connectivity index (χ0n) is 3.74. The van der Waals surface area contributed by atoms with E-state index in [4.69, 9.17) is 4.74 Å². The van der Waals surface area contributed by atoms with Crippen LogP contribution in [0.5, 0.6) is 0 Å². The summed E-state index contributed by atoms with van der Waals surface area (Å²) in [7, 11) is 0.560. The molecule has 0 atom stereocenters. The van der Waals surface area contributed by atoms with Crippen molar-refractivity contribution in [2.45, 2.75) is 0 Å². The van der Waals surface area contributed by atoms with Gasteiger partial charge in [0.1, 0.15) is 13.1 Å². The van der Waals surface area contributed by atoms with Crippen LogP contribution >= 0.6 is 0 Å². The van der Waals surface area contributed by atoms with E-state index in [2.05, 4.69) is 0 Å². The lowest BCUT2D eigenvalue weighted by Crippen LogP contribution is -3.12. The molecule has 0 aromatic rings. The molecule has 1 heterocycles. The standard InChI is InChI=1S/C4H12BNO/c5-6-1-3-7-4-2-6/h6H,1-4H2,5H3/q+1. The number of hydrogen-bond donors (Lipinski definition) is 1. The predicted octanol–water partition coefficient (Wildman–Crippen LogP) is -2.82. The highest BCUT2D eigenvalue weighted by atomic mass is 16.5. The molecule has 0 unspecified atom stereocenters. The van der Waals surface area contributed by atoms with E-state index in [1.54, 1.807) is 0 Å². The quantitative estimate of drug-likeness (QED) is 0.257. The lowest BCUT2D eigenvalue weighted by atomic mass is 10.3. The van der Waals surface area contributed by atoms with Gasteiger partial charge < -0.3 is 4.81 Å². The molecule has 1 saturated heterocycles. The molecule has 1 radical (unpaired) electrons. The number of nitrogens with one attached hydrogen (secondary N) is 1. The molecule has 0 aromatic carbocycles. The summed E-state index contributed by atoms with van der Waals surface area (Å²) in [6.45, 7) is 4.61. The van der Waals surface area contributed by atoms with Crippen molar-refractivity contribution in [3.05, 3.63) is 0 Å². The molecule has 3 heteroatoms. The zero-order chi connectivity index (χ0) is 5.11. The van der Waals surface area contributed by atoms with Gasteiger partial charge in [-0.3, -0.25) is 0 Å². The molecule has 1 fully saturated rings. The highest BCUT2D eigenvalue weighted by molar-refractivity contribution is 5.95. The van der Waals surface area contributed by atoms with E-state index in [0.29, 0.717) is 7.98 Å². The summed E-state index contributed by atoms with van der Waals surface area (Å²) >= 11 is 0. The first-order valence-corrected chi connectivity index (χ1v) is 2.28. The van der Waals surface area contributed by atoms with Crippen LogP contribution in [-0.4, -0.2) is 34.3 Å². The first-order chi connectivity index (χ1) is 3.39. The SMILES string of the molecule is [BH3-][NH+]1CC[O+]CC1. The van der Waals surface area contributed by atoms with E-state index in [9.17, 15) is 0 Å². The third kappa shape index (κ3) is 1.49. The number of rotatable bonds is 0. The van der Waals surface area contributed by atoms with Gasteiger partial charge in [-0.2, -0.15) is 0 Å². The third-order valence-corrected chi connectivity index (χ3v) is 0.846. The van der Waals surface area contributed by atoms with Crippen LogP contribution in [0.25, 0.3) is 0 Å². The molecule has 0 spiro atoms. The van der Waals surface area contributed by atoms with E-state index in [1.807, 2.05) is 4.81 Å². The summed E-state index contributed by atoms with van der Waals surface area (Å²) in [4.78, 5) is 1.84. The Morgan fingerprint density at radius 1 is 1.29 bits per heavy atom. The number of ether oxygens (including phenoxy) is 1. The molecular weight excluding hydrogens is 88.9 g/mol. The smallest absolute Gasteiger partial charge is 0.264 e. The molecule has 7 heavy (non-hydrogen) atoms. The maximum absolute atomic E-state index is 5.16. The Bertz CT molecular complexity index is 53.7. The van der Waals surface area contributed by atoms with Crippen molar-refractivity contribution in [2.75, 3.05) is 26.3 Å². The van der Waals surface area contributed by atoms with Gasteiger partial charge in [0.15, 0.2) is 7.98 Å². The van der Waals surface area contributed by atoms with Gasteiger partial charge in [0.05, 0.1) is 0 Å². The second-order valence-electron chi connectivity index (χ2n) is 1.36. The summed E-state index contributed by atoms with van der Waals surface area (Å²) in [6, 6.07) is 0. The van der Waals surface area contributed by atoms with E-state index in [-0.39, 0.29) is 0 Å². The minimum atomic E-state index is 0.560. The summed E-state index contributed by atoms with van der Waals surface area (Å²) in [5.41, 5.74) is 0. The molecular formula is C4H12BNO+. The number of quaternary nitrogens is 1. The summed E-state index contributed by atoms with van der Waals surface area (Å²) < 4.78 is 5.16. The molecule has 0 amide bonds. The molecule has 2 nitrogen and oxygen atoms in total. The summed E-state index contributed by atoms with van der Waals surface area (Å²) in [6.07, 6.45) is 0. The van der Waals surface area contributed by atoms with Gasteiger partial charge in [-0.25, -0.2) is 0 Å². The molecule has 0 aromatic heterocycles. The average molecular weight is 101 g/mol. The molecule has 0 bridgehead atoms. The molecule has 0 saturated carbocycles. The monoisotopic (exact) mass is 101 g/mol. The van der Waals surface area contributed by atoms with E-state index in [0.717, 1.165) is 13.2 Å². The number of morpholine rings is 1. The van der Waals surface area contributed by atoms with Crippen molar-refractivity contribution in [3.8, 4) is 0 Å². The van der Waals surface area contributed by atoms with E-state index < -0.39 is 0 Å². The van der Waals surface area contributed by atoms with Gasteiger partial charge in [-0.05, 0) is 0 Å². The second kappa shape index (κ2) is 2.33. The van der Waals surface area contributed by atoms with Gasteiger partial charge in [0.25, 0.3) is 13.2 Å². The van der Waals surface area contributed by atoms with E-state index in [1.165, 1.54) is 13.1 Å². The second-order valence-corrected chi connectivity index (χ2v) is 1.36. The maximum Gasteiger partial charge on any atom is 0.264 e. The highest BCUT2D eigenvalue weighted by Crippen LogP contribution is 1.71. The van der Waals surface area contributed by atoms with Crippen LogP contribution in [0.15, 0.2) is 0 Å². The first kappa shape index (κ1) is 5.13. The number of hydrogen-bond acceptors (Lipinski definition) is 1. The van der Waals surface area contributed by atoms with Crippen LogP contribution in [0.1, 0.15) is 0 Å². The Kier molecular flexibility index (Phi) is 1.71. The maximum atomic E-state index is 5.16. The molecule has 1 aliphatic rings. The summed E-state index contributed by atoms with van der Waals surface area (Å²) in [5.74, 6) is 0. The molecule has 41 valence electrons. The average Bonchev–Trinajstić information content (AvgIpc) is 1.69. The van der Waals surface area contributed by atoms with Crippen LogP contribution in [-0.2, 0) is 4.74 Å². The molecule has 1 N–H and O–H groups in total. The van der Waals surface area contributed by atoms with Gasteiger partial charge in [0.2, 0.25) is 0 Å². The van der Waals surface area contributed by atoms with Crippen LogP contribution in [0.3, 0.4) is 0 Å². The van der Waals surface area contributed by atoms with Crippen LogP contribution in [0.4, 0.5) is 0 Å². The van der Waals surface area contributed by atoms with Gasteiger partial charge in [-0.1, -0.05) is 0 Å². The highest BCUT2D eigenvalue weighted by Gasteiger charge is 2.11. The minimum Gasteiger partial charge on any atom is -0.520 e. The van der Waals surface area contributed by atoms with Crippen molar-refractivity contribution in [1.82, 2.24) is 0 Å². The minimum absolute atomic E-state index is 0.560. The first-order valence-electron chi connectivity index (χ1n) is 2.28. The lowest BCUT2D eigenvalue weighted by molar-refractivity contribution is -0.789. The van der Waals surface area contributed by atoms with Crippen molar-refractivity contribution in [2.24, 2.45) is 0 Å². The van der Waals surface area contributed by atoms with Gasteiger partial charge in [-0.15, -0.1) is 4.74 Å². The van der Waals surface area contributed by atoms with Crippen LogP contribution < -0.4 is 4.81 Å². The van der Waals surface area contributed by atoms with Crippen molar-refractivity contribution >= 4 is 7.98 Å². The predicted molar refractivity (Wildman–Crippen MR) is 31.5 cm³/mol. The Morgan fingerprint density at radius 3 is 2.14 bits per heavy atom. The Morgan fingerprint density at radius 2 is 1.86 bits per heavy atom. The Labute approximate surface area is 44.9 Å². The zero-order valence-corrected chi connectivity index (χ0v) is 3.74. The van der Waals surface area contributed by atoms with Gasteiger partial charge >= 0.3 is 0 Å². The van der Waals surface area contributed by atoms with Crippen molar-refractivity contribution in [1.29, 1.82) is 0 Å². The third-order valence-electron chi connectivity index (χ3n) is 0.846. The van der Waals surface area contributed by atoms with Crippen molar-refractivity contribution < 1.29 is 9.55 Å². The Hall–Kier alpha value is -0.0151. The largest absolute Gasteiger partial charge is 0.520 e. The van der Waals surface area contributed by atoms with Crippen LogP contribution in [0, 0.1) is 0 Å². The fraction of sp³-hybridized carbons (Fsp3) is 1.00.